The maximum atomic E-state index is 6.51. The van der Waals surface area contributed by atoms with E-state index >= 15 is 0 Å². The minimum atomic E-state index is 0.448. The van der Waals surface area contributed by atoms with Gasteiger partial charge in [0.15, 0.2) is 0 Å². The van der Waals surface area contributed by atoms with Gasteiger partial charge in [-0.1, -0.05) is 55.8 Å². The number of hydrogen-bond donors (Lipinski definition) is 2. The van der Waals surface area contributed by atoms with Crippen molar-refractivity contribution in [3.63, 3.8) is 0 Å². The molecule has 0 aliphatic carbocycles. The van der Waals surface area contributed by atoms with Crippen LogP contribution < -0.4 is 20.1 Å². The lowest BCUT2D eigenvalue weighted by Crippen LogP contribution is -2.27. The van der Waals surface area contributed by atoms with E-state index in [-0.39, 0.29) is 0 Å². The number of likely N-dealkylation sites (N-methyl/N-ethyl adjacent to an activating group) is 1. The van der Waals surface area contributed by atoms with E-state index in [1.807, 2.05) is 72.8 Å². The first-order valence-corrected chi connectivity index (χ1v) is 12.7. The number of nitrogens with zero attached hydrogens (tertiary/aromatic N) is 3. The maximum absolute atomic E-state index is 6.51. The topological polar surface area (TPSA) is 71.5 Å². The van der Waals surface area contributed by atoms with Crippen LogP contribution in [0.25, 0.3) is 11.1 Å². The summed E-state index contributed by atoms with van der Waals surface area (Å²) in [7, 11) is 1.64. The summed E-state index contributed by atoms with van der Waals surface area (Å²) in [5.74, 6) is 2.58. The van der Waals surface area contributed by atoms with Gasteiger partial charge in [-0.05, 0) is 55.6 Å². The van der Waals surface area contributed by atoms with Crippen molar-refractivity contribution in [2.75, 3.05) is 44.0 Å². The summed E-state index contributed by atoms with van der Waals surface area (Å²) < 4.78 is 11.4. The molecule has 2 N–H and O–H groups in total. The summed E-state index contributed by atoms with van der Waals surface area (Å²) in [6.45, 7) is 7.91. The molecule has 0 radical (unpaired) electrons. The zero-order valence-electron chi connectivity index (χ0n) is 21.4. The maximum Gasteiger partial charge on any atom is 0.229 e. The van der Waals surface area contributed by atoms with Crippen molar-refractivity contribution >= 4 is 34.7 Å². The fourth-order valence-corrected chi connectivity index (χ4v) is 4.12. The smallest absolute Gasteiger partial charge is 0.229 e. The van der Waals surface area contributed by atoms with Crippen LogP contribution in [-0.4, -0.2) is 48.2 Å². The highest BCUT2D eigenvalue weighted by Gasteiger charge is 2.14. The number of aromatic nitrogens is 2. The monoisotopic (exact) mass is 517 g/mol. The van der Waals surface area contributed by atoms with E-state index in [4.69, 9.17) is 26.1 Å². The molecule has 3 aromatic carbocycles. The van der Waals surface area contributed by atoms with Gasteiger partial charge in [-0.2, -0.15) is 4.98 Å². The van der Waals surface area contributed by atoms with Crippen molar-refractivity contribution in [1.82, 2.24) is 14.9 Å². The number of ether oxygens (including phenoxy) is 2. The van der Waals surface area contributed by atoms with Crippen LogP contribution in [0.4, 0.5) is 23.1 Å². The second-order valence-corrected chi connectivity index (χ2v) is 8.69. The number of anilines is 4. The van der Waals surface area contributed by atoms with Gasteiger partial charge < -0.3 is 25.0 Å². The van der Waals surface area contributed by atoms with Crippen LogP contribution >= 0.6 is 11.6 Å². The van der Waals surface area contributed by atoms with Crippen molar-refractivity contribution in [3.05, 3.63) is 84.0 Å². The molecule has 0 amide bonds. The van der Waals surface area contributed by atoms with Gasteiger partial charge in [0.05, 0.1) is 12.8 Å². The molecule has 37 heavy (non-hydrogen) atoms. The van der Waals surface area contributed by atoms with E-state index in [2.05, 4.69) is 34.4 Å². The third-order valence-corrected chi connectivity index (χ3v) is 6.32. The van der Waals surface area contributed by atoms with Crippen LogP contribution in [0.2, 0.25) is 5.02 Å². The largest absolute Gasteiger partial charge is 0.495 e. The molecule has 1 heterocycles. The van der Waals surface area contributed by atoms with Gasteiger partial charge in [0.1, 0.15) is 23.9 Å². The van der Waals surface area contributed by atoms with Crippen LogP contribution in [0.15, 0.2) is 79.0 Å². The van der Waals surface area contributed by atoms with Gasteiger partial charge >= 0.3 is 0 Å². The van der Waals surface area contributed by atoms with E-state index in [1.165, 1.54) is 0 Å². The van der Waals surface area contributed by atoms with E-state index in [1.54, 1.807) is 13.3 Å². The molecule has 192 valence electrons. The molecule has 8 heteroatoms. The molecule has 0 aliphatic heterocycles. The van der Waals surface area contributed by atoms with Crippen molar-refractivity contribution in [2.45, 2.75) is 13.8 Å². The van der Waals surface area contributed by atoms with Crippen LogP contribution in [0.1, 0.15) is 13.8 Å². The molecule has 0 aliphatic rings. The summed E-state index contributed by atoms with van der Waals surface area (Å²) >= 11 is 6.51. The van der Waals surface area contributed by atoms with Crippen LogP contribution in [0.3, 0.4) is 0 Å². The lowest BCUT2D eigenvalue weighted by atomic mass is 10.1. The lowest BCUT2D eigenvalue weighted by molar-refractivity contribution is 0.223. The Balaban J connectivity index is 1.55. The van der Waals surface area contributed by atoms with Crippen LogP contribution in [0.5, 0.6) is 11.5 Å². The average molecular weight is 518 g/mol. The first-order chi connectivity index (χ1) is 18.1. The summed E-state index contributed by atoms with van der Waals surface area (Å²) in [4.78, 5) is 11.7. The summed E-state index contributed by atoms with van der Waals surface area (Å²) in [5, 5.41) is 7.29. The number of hydrogen-bond acceptors (Lipinski definition) is 7. The number of rotatable bonds is 12. The molecule has 0 spiro atoms. The quantitative estimate of drug-likeness (QED) is 0.209. The molecule has 0 saturated carbocycles. The average Bonchev–Trinajstić information content (AvgIpc) is 2.93. The van der Waals surface area contributed by atoms with Gasteiger partial charge in [-0.15, -0.1) is 0 Å². The number of benzene rings is 3. The van der Waals surface area contributed by atoms with E-state index in [0.29, 0.717) is 29.1 Å². The normalized spacial score (nSPS) is 10.8. The van der Waals surface area contributed by atoms with Crippen molar-refractivity contribution < 1.29 is 9.47 Å². The summed E-state index contributed by atoms with van der Waals surface area (Å²) in [6, 6.07) is 23.1. The molecular formula is C29H32ClN5O2. The standard InChI is InChI=1S/C29H32ClN5O2/c1-4-35(5-2)18-19-37-22-16-14-21(15-17-22)32-29-31-20-24(23-10-6-7-11-25(23)30)28(34-29)33-26-12-8-9-13-27(26)36-3/h6-17,20H,4-5,18-19H2,1-3H3,(H2,31,32,33,34). The molecule has 1 aromatic heterocycles. The predicted octanol–water partition coefficient (Wildman–Crippen LogP) is 7.01. The van der Waals surface area contributed by atoms with Crippen LogP contribution in [-0.2, 0) is 0 Å². The molecular weight excluding hydrogens is 486 g/mol. The van der Waals surface area contributed by atoms with E-state index in [0.717, 1.165) is 47.9 Å². The highest BCUT2D eigenvalue weighted by molar-refractivity contribution is 6.33. The van der Waals surface area contributed by atoms with Gasteiger partial charge in [0.25, 0.3) is 0 Å². The van der Waals surface area contributed by atoms with Crippen molar-refractivity contribution in [3.8, 4) is 22.6 Å². The summed E-state index contributed by atoms with van der Waals surface area (Å²) in [6.07, 6.45) is 1.76. The Hall–Kier alpha value is -3.81. The molecule has 0 bridgehead atoms. The zero-order valence-corrected chi connectivity index (χ0v) is 22.1. The van der Waals surface area contributed by atoms with Crippen molar-refractivity contribution in [2.24, 2.45) is 0 Å². The molecule has 0 unspecified atom stereocenters. The molecule has 0 atom stereocenters. The fraction of sp³-hybridized carbons (Fsp3) is 0.241. The number of nitrogens with one attached hydrogen (secondary N) is 2. The molecule has 4 rings (SSSR count). The third-order valence-electron chi connectivity index (χ3n) is 5.99. The third kappa shape index (κ3) is 6.90. The Morgan fingerprint density at radius 3 is 2.32 bits per heavy atom. The Morgan fingerprint density at radius 1 is 0.865 bits per heavy atom. The summed E-state index contributed by atoms with van der Waals surface area (Å²) in [5.41, 5.74) is 3.25. The molecule has 7 nitrogen and oxygen atoms in total. The molecule has 0 fully saturated rings. The first-order valence-electron chi connectivity index (χ1n) is 12.4. The second kappa shape index (κ2) is 12.9. The fourth-order valence-electron chi connectivity index (χ4n) is 3.89. The van der Waals surface area contributed by atoms with Gasteiger partial charge in [0.2, 0.25) is 5.95 Å². The number of methoxy groups -OCH3 is 1. The Morgan fingerprint density at radius 2 is 1.59 bits per heavy atom. The number of para-hydroxylation sites is 2. The van der Waals surface area contributed by atoms with Crippen molar-refractivity contribution in [1.29, 1.82) is 0 Å². The minimum absolute atomic E-state index is 0.448. The van der Waals surface area contributed by atoms with E-state index < -0.39 is 0 Å². The minimum Gasteiger partial charge on any atom is -0.495 e. The zero-order chi connectivity index (χ0) is 26.0. The molecule has 4 aromatic rings. The van der Waals surface area contributed by atoms with Crippen LogP contribution in [0, 0.1) is 0 Å². The predicted molar refractivity (Wildman–Crippen MR) is 152 cm³/mol. The Bertz CT molecular complexity index is 1300. The van der Waals surface area contributed by atoms with E-state index in [9.17, 15) is 0 Å². The lowest BCUT2D eigenvalue weighted by Gasteiger charge is -2.18. The van der Waals surface area contributed by atoms with Gasteiger partial charge in [-0.25, -0.2) is 4.98 Å². The second-order valence-electron chi connectivity index (χ2n) is 8.29. The SMILES string of the molecule is CCN(CC)CCOc1ccc(Nc2ncc(-c3ccccc3Cl)c(Nc3ccccc3OC)n2)cc1. The Kier molecular flexibility index (Phi) is 9.18. The van der Waals surface area contributed by atoms with Gasteiger partial charge in [0, 0.05) is 34.6 Å². The molecule has 0 saturated heterocycles. The number of halogens is 1. The highest BCUT2D eigenvalue weighted by atomic mass is 35.5. The first kappa shape index (κ1) is 26.3. The van der Waals surface area contributed by atoms with Gasteiger partial charge in [-0.3, -0.25) is 0 Å². The Labute approximate surface area is 223 Å². The highest BCUT2D eigenvalue weighted by Crippen LogP contribution is 2.36.